The molecule has 130 valence electrons. The van der Waals surface area contributed by atoms with E-state index in [-0.39, 0.29) is 12.0 Å². The summed E-state index contributed by atoms with van der Waals surface area (Å²) in [6, 6.07) is 6.10. The molecule has 0 bridgehead atoms. The Bertz CT molecular complexity index is 725. The van der Waals surface area contributed by atoms with Crippen LogP contribution in [0, 0.1) is 5.41 Å². The minimum atomic E-state index is -0.0619. The number of nitrogens with zero attached hydrogens (tertiary/aromatic N) is 1. The average Bonchev–Trinajstić information content (AvgIpc) is 2.60. The van der Waals surface area contributed by atoms with Crippen LogP contribution in [-0.4, -0.2) is 30.4 Å². The highest BCUT2D eigenvalue weighted by Crippen LogP contribution is 2.35. The van der Waals surface area contributed by atoms with Crippen molar-refractivity contribution in [1.82, 2.24) is 4.98 Å². The monoisotopic (exact) mass is 328 g/mol. The minimum Gasteiger partial charge on any atom is -0.497 e. The van der Waals surface area contributed by atoms with Crippen molar-refractivity contribution in [3.63, 3.8) is 0 Å². The van der Waals surface area contributed by atoms with Gasteiger partial charge >= 0.3 is 0 Å². The second kappa shape index (κ2) is 6.98. The number of pyridine rings is 1. The van der Waals surface area contributed by atoms with Crippen molar-refractivity contribution in [3.05, 3.63) is 29.5 Å². The van der Waals surface area contributed by atoms with Gasteiger partial charge in [0.15, 0.2) is 0 Å². The molecule has 1 aliphatic carbocycles. The van der Waals surface area contributed by atoms with Gasteiger partial charge in [0.05, 0.1) is 12.6 Å². The highest BCUT2D eigenvalue weighted by Gasteiger charge is 2.20. The molecule has 1 heterocycles. The number of nitrogens with one attached hydrogen (secondary N) is 1. The SMILES string of the molecule is COc1ccc2nc3c(c(NCCC(C)(C)CO)c2c1)CCCC3. The fraction of sp³-hybridized carbons (Fsp3) is 0.550. The predicted molar refractivity (Wildman–Crippen MR) is 98.9 cm³/mol. The molecule has 1 aromatic heterocycles. The number of aryl methyl sites for hydroxylation is 1. The first-order valence-electron chi connectivity index (χ1n) is 8.88. The number of rotatable bonds is 6. The Hall–Kier alpha value is -1.81. The molecule has 0 spiro atoms. The number of aromatic nitrogens is 1. The van der Waals surface area contributed by atoms with Crippen LogP contribution in [0.1, 0.15) is 44.4 Å². The molecule has 0 atom stereocenters. The van der Waals surface area contributed by atoms with Gasteiger partial charge in [-0.25, -0.2) is 0 Å². The molecular weight excluding hydrogens is 300 g/mol. The highest BCUT2D eigenvalue weighted by molar-refractivity contribution is 5.94. The van der Waals surface area contributed by atoms with Crippen LogP contribution in [0.5, 0.6) is 5.75 Å². The standard InChI is InChI=1S/C20H28N2O2/c1-20(2,13-23)10-11-21-19-15-6-4-5-7-17(15)22-18-9-8-14(24-3)12-16(18)19/h8-9,12,23H,4-7,10-11,13H2,1-3H3,(H,21,22). The maximum Gasteiger partial charge on any atom is 0.119 e. The van der Waals surface area contributed by atoms with Crippen LogP contribution in [0.3, 0.4) is 0 Å². The Kier molecular flexibility index (Phi) is 4.95. The molecule has 1 aromatic carbocycles. The number of methoxy groups -OCH3 is 1. The zero-order chi connectivity index (χ0) is 17.2. The number of fused-ring (bicyclic) bond motifs is 2. The van der Waals surface area contributed by atoms with E-state index in [1.165, 1.54) is 29.8 Å². The molecule has 4 heteroatoms. The van der Waals surface area contributed by atoms with Crippen molar-refractivity contribution < 1.29 is 9.84 Å². The van der Waals surface area contributed by atoms with E-state index in [1.54, 1.807) is 7.11 Å². The van der Waals surface area contributed by atoms with E-state index in [0.717, 1.165) is 42.5 Å². The second-order valence-corrected chi connectivity index (χ2v) is 7.50. The maximum atomic E-state index is 9.47. The zero-order valence-electron chi connectivity index (χ0n) is 15.0. The molecule has 4 nitrogen and oxygen atoms in total. The third kappa shape index (κ3) is 3.48. The summed E-state index contributed by atoms with van der Waals surface area (Å²) >= 11 is 0. The van der Waals surface area contributed by atoms with Gasteiger partial charge in [-0.3, -0.25) is 4.98 Å². The van der Waals surface area contributed by atoms with E-state index in [0.29, 0.717) is 0 Å². The number of hydrogen-bond donors (Lipinski definition) is 2. The molecule has 2 N–H and O–H groups in total. The molecule has 1 aliphatic rings. The van der Waals surface area contributed by atoms with Gasteiger partial charge in [-0.1, -0.05) is 13.8 Å². The van der Waals surface area contributed by atoms with Gasteiger partial charge < -0.3 is 15.2 Å². The lowest BCUT2D eigenvalue weighted by Gasteiger charge is -2.25. The van der Waals surface area contributed by atoms with Crippen LogP contribution >= 0.6 is 0 Å². The Morgan fingerprint density at radius 1 is 1.25 bits per heavy atom. The molecule has 0 saturated carbocycles. The molecule has 3 rings (SSSR count). The number of aliphatic hydroxyl groups is 1. The third-order valence-corrected chi connectivity index (χ3v) is 5.00. The largest absolute Gasteiger partial charge is 0.497 e. The first kappa shape index (κ1) is 17.0. The summed E-state index contributed by atoms with van der Waals surface area (Å²) in [4.78, 5) is 4.89. The molecule has 0 amide bonds. The van der Waals surface area contributed by atoms with Crippen molar-refractivity contribution >= 4 is 16.6 Å². The van der Waals surface area contributed by atoms with E-state index in [2.05, 4.69) is 25.2 Å². The highest BCUT2D eigenvalue weighted by atomic mass is 16.5. The van der Waals surface area contributed by atoms with Crippen LogP contribution in [0.25, 0.3) is 10.9 Å². The normalized spacial score (nSPS) is 14.5. The Balaban J connectivity index is 1.98. The number of aliphatic hydroxyl groups excluding tert-OH is 1. The second-order valence-electron chi connectivity index (χ2n) is 7.50. The van der Waals surface area contributed by atoms with Crippen LogP contribution in [0.15, 0.2) is 18.2 Å². The van der Waals surface area contributed by atoms with Crippen LogP contribution < -0.4 is 10.1 Å². The molecule has 0 saturated heterocycles. The summed E-state index contributed by atoms with van der Waals surface area (Å²) in [6.07, 6.45) is 5.51. The smallest absolute Gasteiger partial charge is 0.119 e. The summed E-state index contributed by atoms with van der Waals surface area (Å²) in [5, 5.41) is 14.3. The number of benzene rings is 1. The van der Waals surface area contributed by atoms with E-state index in [4.69, 9.17) is 9.72 Å². The van der Waals surface area contributed by atoms with Gasteiger partial charge in [-0.15, -0.1) is 0 Å². The van der Waals surface area contributed by atoms with Crippen molar-refractivity contribution in [2.45, 2.75) is 46.0 Å². The van der Waals surface area contributed by atoms with Crippen LogP contribution in [0.4, 0.5) is 5.69 Å². The number of hydrogen-bond acceptors (Lipinski definition) is 4. The topological polar surface area (TPSA) is 54.4 Å². The summed E-state index contributed by atoms with van der Waals surface area (Å²) in [5.41, 5.74) is 4.78. The lowest BCUT2D eigenvalue weighted by molar-refractivity contribution is 0.154. The fourth-order valence-electron chi connectivity index (χ4n) is 3.34. The lowest BCUT2D eigenvalue weighted by atomic mass is 9.90. The van der Waals surface area contributed by atoms with Crippen molar-refractivity contribution in [3.8, 4) is 5.75 Å². The van der Waals surface area contributed by atoms with E-state index in [9.17, 15) is 5.11 Å². The Labute approximate surface area is 144 Å². The molecule has 0 aliphatic heterocycles. The average molecular weight is 328 g/mol. The van der Waals surface area contributed by atoms with Gasteiger partial charge in [0.1, 0.15) is 5.75 Å². The van der Waals surface area contributed by atoms with Crippen LogP contribution in [0.2, 0.25) is 0 Å². The van der Waals surface area contributed by atoms with E-state index < -0.39 is 0 Å². The summed E-state index contributed by atoms with van der Waals surface area (Å²) < 4.78 is 5.41. The molecule has 2 aromatic rings. The summed E-state index contributed by atoms with van der Waals surface area (Å²) in [7, 11) is 1.70. The first-order chi connectivity index (χ1) is 11.5. The van der Waals surface area contributed by atoms with Gasteiger partial charge in [0.25, 0.3) is 0 Å². The predicted octanol–water partition coefficient (Wildman–Crippen LogP) is 3.94. The number of anilines is 1. The van der Waals surface area contributed by atoms with Gasteiger partial charge in [0.2, 0.25) is 0 Å². The van der Waals surface area contributed by atoms with Crippen molar-refractivity contribution in [1.29, 1.82) is 0 Å². The summed E-state index contributed by atoms with van der Waals surface area (Å²) in [5.74, 6) is 0.860. The fourth-order valence-corrected chi connectivity index (χ4v) is 3.34. The summed E-state index contributed by atoms with van der Waals surface area (Å²) in [6.45, 7) is 5.24. The number of ether oxygens (including phenoxy) is 1. The van der Waals surface area contributed by atoms with Gasteiger partial charge in [-0.2, -0.15) is 0 Å². The van der Waals surface area contributed by atoms with E-state index in [1.807, 2.05) is 12.1 Å². The minimum absolute atomic E-state index is 0.0619. The Morgan fingerprint density at radius 2 is 2.04 bits per heavy atom. The third-order valence-electron chi connectivity index (χ3n) is 5.00. The molecule has 0 radical (unpaired) electrons. The van der Waals surface area contributed by atoms with Crippen LogP contribution in [-0.2, 0) is 12.8 Å². The quantitative estimate of drug-likeness (QED) is 0.843. The van der Waals surface area contributed by atoms with Crippen molar-refractivity contribution in [2.24, 2.45) is 5.41 Å². The lowest BCUT2D eigenvalue weighted by Crippen LogP contribution is -2.21. The molecule has 24 heavy (non-hydrogen) atoms. The Morgan fingerprint density at radius 3 is 2.79 bits per heavy atom. The first-order valence-corrected chi connectivity index (χ1v) is 8.88. The van der Waals surface area contributed by atoms with E-state index >= 15 is 0 Å². The molecule has 0 fully saturated rings. The molecular formula is C20H28N2O2. The van der Waals surface area contributed by atoms with Gasteiger partial charge in [0, 0.05) is 29.9 Å². The maximum absolute atomic E-state index is 9.47. The van der Waals surface area contributed by atoms with Gasteiger partial charge in [-0.05, 0) is 61.3 Å². The van der Waals surface area contributed by atoms with Crippen molar-refractivity contribution in [2.75, 3.05) is 25.6 Å². The molecule has 0 unspecified atom stereocenters. The zero-order valence-corrected chi connectivity index (χ0v) is 15.0.